The smallest absolute Gasteiger partial charge is 0.267 e. The zero-order valence-corrected chi connectivity index (χ0v) is 15.4. The molecule has 6 nitrogen and oxygen atoms in total. The average Bonchev–Trinajstić information content (AvgIpc) is 3.13. The quantitative estimate of drug-likeness (QED) is 0.586. The zero-order chi connectivity index (χ0) is 17.7. The number of nitrogens with zero attached hydrogens (tertiary/aromatic N) is 3. The molecular weight excluding hydrogens is 356 g/mol. The molecule has 1 amide bonds. The maximum atomic E-state index is 12.7. The Morgan fingerprint density at radius 2 is 2.04 bits per heavy atom. The van der Waals surface area contributed by atoms with Gasteiger partial charge in [-0.15, -0.1) is 11.3 Å². The van der Waals surface area contributed by atoms with Crippen LogP contribution in [-0.2, 0) is 7.05 Å². The summed E-state index contributed by atoms with van der Waals surface area (Å²) < 4.78 is 2.44. The molecule has 8 heteroatoms. The number of amides is 1. The van der Waals surface area contributed by atoms with E-state index in [2.05, 4.69) is 15.3 Å². The van der Waals surface area contributed by atoms with Gasteiger partial charge in [-0.1, -0.05) is 23.5 Å². The van der Waals surface area contributed by atoms with Gasteiger partial charge in [0.05, 0.1) is 26.8 Å². The monoisotopic (exact) mass is 370 g/mol. The first-order chi connectivity index (χ1) is 12.0. The van der Waals surface area contributed by atoms with Crippen LogP contribution in [0.4, 0.5) is 5.13 Å². The van der Waals surface area contributed by atoms with Crippen LogP contribution in [0.1, 0.15) is 20.8 Å². The third kappa shape index (κ3) is 2.54. The lowest BCUT2D eigenvalue weighted by Crippen LogP contribution is -2.17. The van der Waals surface area contributed by atoms with Gasteiger partial charge in [-0.05, 0) is 31.0 Å². The van der Waals surface area contributed by atoms with Crippen LogP contribution in [0.15, 0.2) is 29.3 Å². The van der Waals surface area contributed by atoms with Crippen molar-refractivity contribution in [2.45, 2.75) is 13.8 Å². The minimum atomic E-state index is -0.265. The Morgan fingerprint density at radius 3 is 2.80 bits per heavy atom. The number of hydrogen-bond donors (Lipinski definition) is 1. The first-order valence-corrected chi connectivity index (χ1v) is 9.21. The Balaban J connectivity index is 1.74. The van der Waals surface area contributed by atoms with Crippen LogP contribution in [0, 0.1) is 13.8 Å². The molecule has 25 heavy (non-hydrogen) atoms. The third-order valence-electron chi connectivity index (χ3n) is 4.06. The van der Waals surface area contributed by atoms with Gasteiger partial charge in [0.2, 0.25) is 0 Å². The number of anilines is 1. The van der Waals surface area contributed by atoms with E-state index in [4.69, 9.17) is 0 Å². The Hall–Kier alpha value is -2.58. The number of benzene rings is 1. The van der Waals surface area contributed by atoms with Crippen molar-refractivity contribution in [3.05, 3.63) is 50.9 Å². The van der Waals surface area contributed by atoms with Crippen LogP contribution in [0.3, 0.4) is 0 Å². The van der Waals surface area contributed by atoms with Crippen LogP contribution in [0.25, 0.3) is 20.4 Å². The molecule has 0 aliphatic heterocycles. The largest absolute Gasteiger partial charge is 0.302 e. The number of carbonyl (C=O) groups is 1. The fourth-order valence-corrected chi connectivity index (χ4v) is 4.69. The highest BCUT2D eigenvalue weighted by molar-refractivity contribution is 7.23. The average molecular weight is 370 g/mol. The molecule has 3 aromatic heterocycles. The van der Waals surface area contributed by atoms with Crippen molar-refractivity contribution >= 4 is 54.1 Å². The molecule has 0 aliphatic carbocycles. The van der Waals surface area contributed by atoms with Gasteiger partial charge < -0.3 is 4.57 Å². The minimum absolute atomic E-state index is 0.145. The third-order valence-corrected chi connectivity index (χ3v) is 6.19. The molecule has 3 heterocycles. The number of thiazole rings is 1. The number of aryl methyl sites for hydroxylation is 3. The van der Waals surface area contributed by atoms with Crippen molar-refractivity contribution in [2.24, 2.45) is 7.05 Å². The Labute approximate surface area is 150 Å². The molecule has 0 saturated carbocycles. The fraction of sp³-hybridized carbons (Fsp3) is 0.176. The van der Waals surface area contributed by atoms with E-state index >= 15 is 0 Å². The molecule has 1 aromatic carbocycles. The number of carbonyl (C=O) groups excluding carboxylic acids is 1. The summed E-state index contributed by atoms with van der Waals surface area (Å²) >= 11 is 2.66. The molecule has 0 fully saturated rings. The first kappa shape index (κ1) is 15.9. The van der Waals surface area contributed by atoms with Crippen molar-refractivity contribution in [3.63, 3.8) is 0 Å². The van der Waals surface area contributed by atoms with E-state index in [1.165, 1.54) is 33.6 Å². The molecule has 0 atom stereocenters. The van der Waals surface area contributed by atoms with Crippen LogP contribution < -0.4 is 10.9 Å². The summed E-state index contributed by atoms with van der Waals surface area (Å²) in [4.78, 5) is 34.8. The summed E-state index contributed by atoms with van der Waals surface area (Å²) in [5.41, 5.74) is 2.48. The van der Waals surface area contributed by atoms with Gasteiger partial charge in [-0.3, -0.25) is 14.9 Å². The molecule has 0 radical (unpaired) electrons. The van der Waals surface area contributed by atoms with Gasteiger partial charge in [-0.25, -0.2) is 9.97 Å². The molecule has 1 N–H and O–H groups in total. The molecule has 0 saturated heterocycles. The van der Waals surface area contributed by atoms with Crippen molar-refractivity contribution in [3.8, 4) is 0 Å². The van der Waals surface area contributed by atoms with Gasteiger partial charge in [0.1, 0.15) is 4.83 Å². The second-order valence-electron chi connectivity index (χ2n) is 5.79. The summed E-state index contributed by atoms with van der Waals surface area (Å²) in [6.07, 6.45) is 1.47. The zero-order valence-electron chi connectivity index (χ0n) is 13.8. The van der Waals surface area contributed by atoms with Crippen molar-refractivity contribution in [1.82, 2.24) is 14.5 Å². The van der Waals surface area contributed by atoms with E-state index in [0.717, 1.165) is 15.8 Å². The van der Waals surface area contributed by atoms with E-state index < -0.39 is 0 Å². The number of para-hydroxylation sites is 1. The highest BCUT2D eigenvalue weighted by Gasteiger charge is 2.20. The topological polar surface area (TPSA) is 76.9 Å². The van der Waals surface area contributed by atoms with E-state index in [1.807, 2.05) is 25.1 Å². The number of fused-ring (bicyclic) bond motifs is 2. The van der Waals surface area contributed by atoms with E-state index in [9.17, 15) is 9.59 Å². The fourth-order valence-electron chi connectivity index (χ4n) is 2.72. The highest BCUT2D eigenvalue weighted by Crippen LogP contribution is 2.30. The van der Waals surface area contributed by atoms with Gasteiger partial charge in [-0.2, -0.15) is 0 Å². The van der Waals surface area contributed by atoms with E-state index in [0.29, 0.717) is 25.8 Å². The van der Waals surface area contributed by atoms with Gasteiger partial charge >= 0.3 is 0 Å². The second kappa shape index (κ2) is 5.75. The first-order valence-electron chi connectivity index (χ1n) is 7.58. The summed E-state index contributed by atoms with van der Waals surface area (Å²) in [6.45, 7) is 3.77. The lowest BCUT2D eigenvalue weighted by Gasteiger charge is -2.00. The Morgan fingerprint density at radius 1 is 1.24 bits per heavy atom. The van der Waals surface area contributed by atoms with Crippen molar-refractivity contribution < 1.29 is 4.79 Å². The van der Waals surface area contributed by atoms with Crippen LogP contribution in [0.5, 0.6) is 0 Å². The number of aromatic nitrogens is 3. The number of rotatable bonds is 2. The molecule has 126 valence electrons. The summed E-state index contributed by atoms with van der Waals surface area (Å²) in [7, 11) is 1.65. The summed E-state index contributed by atoms with van der Waals surface area (Å²) in [6, 6.07) is 5.94. The standard InChI is InChI=1S/C17H14N4O2S2/c1-8-5-4-6-10-12(8)19-17(24-10)20-14(22)13-9(2)11-15(25-13)18-7-21(3)16(11)23/h4-7H,1-3H3,(H,19,20,22). The molecular formula is C17H14N4O2S2. The second-order valence-corrected chi connectivity index (χ2v) is 7.82. The van der Waals surface area contributed by atoms with Gasteiger partial charge in [0.25, 0.3) is 11.5 Å². The summed E-state index contributed by atoms with van der Waals surface area (Å²) in [5.74, 6) is -0.265. The lowest BCUT2D eigenvalue weighted by atomic mass is 10.2. The normalized spacial score (nSPS) is 11.3. The predicted molar refractivity (Wildman–Crippen MR) is 102 cm³/mol. The maximum Gasteiger partial charge on any atom is 0.267 e. The maximum absolute atomic E-state index is 12.7. The van der Waals surface area contributed by atoms with Gasteiger partial charge in [0, 0.05) is 7.05 Å². The highest BCUT2D eigenvalue weighted by atomic mass is 32.1. The van der Waals surface area contributed by atoms with Crippen LogP contribution in [-0.4, -0.2) is 20.4 Å². The molecule has 4 rings (SSSR count). The minimum Gasteiger partial charge on any atom is -0.302 e. The van der Waals surface area contributed by atoms with E-state index in [-0.39, 0.29) is 11.5 Å². The number of thiophene rings is 1. The summed E-state index contributed by atoms with van der Waals surface area (Å²) in [5, 5.41) is 3.90. The molecule has 0 unspecified atom stereocenters. The van der Waals surface area contributed by atoms with Crippen LogP contribution in [0.2, 0.25) is 0 Å². The lowest BCUT2D eigenvalue weighted by molar-refractivity contribution is 0.103. The molecule has 4 aromatic rings. The Kier molecular flexibility index (Phi) is 3.66. The van der Waals surface area contributed by atoms with Gasteiger partial charge in [0.15, 0.2) is 5.13 Å². The van der Waals surface area contributed by atoms with Crippen LogP contribution >= 0.6 is 22.7 Å². The Bertz CT molecular complexity index is 1200. The molecule has 0 aliphatic rings. The number of nitrogens with one attached hydrogen (secondary N) is 1. The predicted octanol–water partition coefficient (Wildman–Crippen LogP) is 3.47. The SMILES string of the molecule is Cc1cccc2sc(NC(=O)c3sc4ncn(C)c(=O)c4c3C)nc12. The van der Waals surface area contributed by atoms with Crippen molar-refractivity contribution in [1.29, 1.82) is 0 Å². The number of hydrogen-bond acceptors (Lipinski definition) is 6. The van der Waals surface area contributed by atoms with Crippen molar-refractivity contribution in [2.75, 3.05) is 5.32 Å². The van der Waals surface area contributed by atoms with E-state index in [1.54, 1.807) is 14.0 Å². The molecule has 0 bridgehead atoms. The molecule has 0 spiro atoms.